The number of nitrogens with one attached hydrogen (secondary N) is 2. The summed E-state index contributed by atoms with van der Waals surface area (Å²) in [5.41, 5.74) is 18.2. The number of nitrogens with two attached hydrogens (primary N) is 3. The molecule has 3 saturated heterocycles. The van der Waals surface area contributed by atoms with E-state index < -0.39 is 111 Å². The van der Waals surface area contributed by atoms with Crippen molar-refractivity contribution in [1.82, 2.24) is 10.6 Å². The number of hydrogen-bond acceptors (Lipinski definition) is 16. The van der Waals surface area contributed by atoms with Gasteiger partial charge in [-0.05, 0) is 26.9 Å². The van der Waals surface area contributed by atoms with Gasteiger partial charge in [0.2, 0.25) is 0 Å². The van der Waals surface area contributed by atoms with Crippen molar-refractivity contribution in [3.05, 3.63) is 0 Å². The van der Waals surface area contributed by atoms with E-state index in [0.29, 0.717) is 0 Å². The number of aliphatic hydroxyl groups is 6. The van der Waals surface area contributed by atoms with Crippen LogP contribution in [0.4, 0.5) is 0 Å². The van der Waals surface area contributed by atoms with Crippen molar-refractivity contribution in [3.63, 3.8) is 0 Å². The van der Waals surface area contributed by atoms with Crippen LogP contribution in [0.15, 0.2) is 0 Å². The predicted molar refractivity (Wildman–Crippen MR) is 128 cm³/mol. The van der Waals surface area contributed by atoms with Crippen molar-refractivity contribution in [3.8, 4) is 0 Å². The maximum atomic E-state index is 11.2. The Hall–Kier alpha value is -0.640. The van der Waals surface area contributed by atoms with Crippen LogP contribution >= 0.6 is 0 Å². The molecule has 3 aliphatic heterocycles. The summed E-state index contributed by atoms with van der Waals surface area (Å²) in [5.74, 6) is 0. The second-order valence-corrected chi connectivity index (χ2v) is 10.5. The Morgan fingerprint density at radius 1 is 0.684 bits per heavy atom. The Balaban J connectivity index is 1.43. The van der Waals surface area contributed by atoms with Gasteiger partial charge in [0, 0.05) is 12.1 Å². The molecule has 4 fully saturated rings. The first-order chi connectivity index (χ1) is 18.0. The molecule has 0 spiro atoms. The van der Waals surface area contributed by atoms with Crippen LogP contribution in [-0.2, 0) is 23.7 Å². The lowest BCUT2D eigenvalue weighted by molar-refractivity contribution is -0.373. The highest BCUT2D eigenvalue weighted by atomic mass is 16.8. The fraction of sp³-hybridized carbons (Fsp3) is 1.00. The van der Waals surface area contributed by atoms with Gasteiger partial charge in [0.25, 0.3) is 0 Å². The van der Waals surface area contributed by atoms with Crippen LogP contribution in [0.3, 0.4) is 0 Å². The molecule has 0 bridgehead atoms. The Morgan fingerprint density at radius 3 is 2.00 bits per heavy atom. The molecule has 0 aromatic heterocycles. The monoisotopic (exact) mass is 553 g/mol. The summed E-state index contributed by atoms with van der Waals surface area (Å²) in [6.07, 6.45) is -13.3. The highest BCUT2D eigenvalue weighted by Gasteiger charge is 2.54. The van der Waals surface area contributed by atoms with Crippen molar-refractivity contribution in [2.75, 3.05) is 20.7 Å². The van der Waals surface area contributed by atoms with E-state index in [2.05, 4.69) is 10.6 Å². The van der Waals surface area contributed by atoms with E-state index in [1.807, 2.05) is 0 Å². The SMILES string of the molecule is CNC1C(CO)OC(OC2O[C@H]3C[C@H](N)C(OC4C(N)CC(N)C(O)C4O)OC3C(O)C2NC)C(O)C1O. The largest absolute Gasteiger partial charge is 0.394 e. The van der Waals surface area contributed by atoms with Gasteiger partial charge in [0.15, 0.2) is 18.9 Å². The van der Waals surface area contributed by atoms with Crippen LogP contribution in [0.2, 0.25) is 0 Å². The van der Waals surface area contributed by atoms with Crippen LogP contribution in [-0.4, -0.2) is 155 Å². The fourth-order valence-electron chi connectivity index (χ4n) is 5.78. The molecule has 4 aliphatic rings. The first-order valence-corrected chi connectivity index (χ1v) is 12.9. The van der Waals surface area contributed by atoms with Gasteiger partial charge in [0.1, 0.15) is 42.7 Å². The van der Waals surface area contributed by atoms with E-state index >= 15 is 0 Å². The molecule has 38 heavy (non-hydrogen) atoms. The molecular formula is C22H43N5O11. The molecule has 0 aromatic carbocycles. The molecular weight excluding hydrogens is 510 g/mol. The lowest BCUT2D eigenvalue weighted by atomic mass is 9.84. The number of hydrogen-bond donors (Lipinski definition) is 11. The molecule has 17 atom stereocenters. The fourth-order valence-corrected chi connectivity index (χ4v) is 5.78. The number of likely N-dealkylation sites (N-methyl/N-ethyl adjacent to an activating group) is 2. The number of ether oxygens (including phenoxy) is 5. The maximum Gasteiger partial charge on any atom is 0.189 e. The van der Waals surface area contributed by atoms with E-state index in [1.54, 1.807) is 14.1 Å². The minimum Gasteiger partial charge on any atom is -0.394 e. The number of fused-ring (bicyclic) bond motifs is 1. The molecule has 0 radical (unpaired) electrons. The molecule has 15 unspecified atom stereocenters. The van der Waals surface area contributed by atoms with Crippen molar-refractivity contribution in [2.45, 2.75) is 117 Å². The van der Waals surface area contributed by atoms with Gasteiger partial charge in [-0.15, -0.1) is 0 Å². The van der Waals surface area contributed by atoms with E-state index in [0.717, 1.165) is 0 Å². The van der Waals surface area contributed by atoms with Gasteiger partial charge in [0.05, 0.1) is 36.9 Å². The molecule has 222 valence electrons. The average Bonchev–Trinajstić information content (AvgIpc) is 2.88. The third-order valence-corrected chi connectivity index (χ3v) is 8.02. The van der Waals surface area contributed by atoms with E-state index in [9.17, 15) is 30.6 Å². The average molecular weight is 554 g/mol. The van der Waals surface area contributed by atoms with Crippen LogP contribution in [0.1, 0.15) is 12.8 Å². The van der Waals surface area contributed by atoms with Gasteiger partial charge in [-0.3, -0.25) is 0 Å². The lowest BCUT2D eigenvalue weighted by Crippen LogP contribution is -2.70. The van der Waals surface area contributed by atoms with Crippen molar-refractivity contribution in [1.29, 1.82) is 0 Å². The number of aliphatic hydroxyl groups excluding tert-OH is 6. The minimum absolute atomic E-state index is 0.167. The summed E-state index contributed by atoms with van der Waals surface area (Å²) in [6.45, 7) is -0.435. The highest BCUT2D eigenvalue weighted by molar-refractivity contribution is 5.02. The Kier molecular flexibility index (Phi) is 9.96. The first kappa shape index (κ1) is 30.3. The summed E-state index contributed by atoms with van der Waals surface area (Å²) in [5, 5.41) is 68.2. The van der Waals surface area contributed by atoms with Gasteiger partial charge >= 0.3 is 0 Å². The molecule has 0 aromatic rings. The lowest BCUT2D eigenvalue weighted by Gasteiger charge is -2.51. The van der Waals surface area contributed by atoms with Crippen LogP contribution in [0.5, 0.6) is 0 Å². The van der Waals surface area contributed by atoms with Crippen molar-refractivity contribution >= 4 is 0 Å². The topological polar surface area (TPSA) is 270 Å². The molecule has 1 aliphatic carbocycles. The molecule has 3 heterocycles. The highest BCUT2D eigenvalue weighted by Crippen LogP contribution is 2.35. The Bertz CT molecular complexity index is 771. The zero-order valence-corrected chi connectivity index (χ0v) is 21.4. The zero-order chi connectivity index (χ0) is 27.9. The summed E-state index contributed by atoms with van der Waals surface area (Å²) in [6, 6.07) is -3.72. The zero-order valence-electron chi connectivity index (χ0n) is 21.4. The number of rotatable bonds is 7. The van der Waals surface area contributed by atoms with Crippen LogP contribution in [0, 0.1) is 0 Å². The summed E-state index contributed by atoms with van der Waals surface area (Å²) in [7, 11) is 3.13. The second kappa shape index (κ2) is 12.5. The second-order valence-electron chi connectivity index (χ2n) is 10.5. The summed E-state index contributed by atoms with van der Waals surface area (Å²) >= 11 is 0. The van der Waals surface area contributed by atoms with Crippen molar-refractivity contribution in [2.24, 2.45) is 17.2 Å². The van der Waals surface area contributed by atoms with Crippen molar-refractivity contribution < 1.29 is 54.3 Å². The third kappa shape index (κ3) is 5.73. The van der Waals surface area contributed by atoms with Gasteiger partial charge in [-0.1, -0.05) is 0 Å². The summed E-state index contributed by atoms with van der Waals surface area (Å²) < 4.78 is 29.5. The Morgan fingerprint density at radius 2 is 1.37 bits per heavy atom. The Labute approximate surface area is 220 Å². The van der Waals surface area contributed by atoms with Gasteiger partial charge in [-0.25, -0.2) is 0 Å². The molecule has 16 nitrogen and oxygen atoms in total. The minimum atomic E-state index is -1.47. The first-order valence-electron chi connectivity index (χ1n) is 12.9. The van der Waals surface area contributed by atoms with Crippen LogP contribution in [0.25, 0.3) is 0 Å². The normalized spacial score (nSPS) is 53.9. The van der Waals surface area contributed by atoms with Gasteiger partial charge < -0.3 is 82.2 Å². The van der Waals surface area contributed by atoms with E-state index in [4.69, 9.17) is 40.9 Å². The third-order valence-electron chi connectivity index (χ3n) is 8.02. The smallest absolute Gasteiger partial charge is 0.189 e. The molecule has 14 N–H and O–H groups in total. The quantitative estimate of drug-likeness (QED) is 0.140. The summed E-state index contributed by atoms with van der Waals surface area (Å²) in [4.78, 5) is 0. The molecule has 0 amide bonds. The van der Waals surface area contributed by atoms with Crippen LogP contribution < -0.4 is 27.8 Å². The maximum absolute atomic E-state index is 11.2. The standard InChI is InChI=1S/C22H43N5O11/c1-26-11-10(5-28)35-22(17(33)14(11)30)38-21-12(27-2)15(31)19-9(34-21)4-8(25)20(37-19)36-18-7(24)3-6(23)13(29)16(18)32/h6-22,26-33H,3-5,23-25H2,1-2H3/t6?,7?,8-,9-,10?,11?,12?,13?,14?,15?,16?,17?,18?,19?,20?,21?,22?/m0/s1. The molecule has 16 heteroatoms. The van der Waals surface area contributed by atoms with Gasteiger partial charge in [-0.2, -0.15) is 0 Å². The van der Waals surface area contributed by atoms with E-state index in [-0.39, 0.29) is 12.8 Å². The molecule has 4 rings (SSSR count). The predicted octanol–water partition coefficient (Wildman–Crippen LogP) is -6.69. The van der Waals surface area contributed by atoms with E-state index in [1.165, 1.54) is 0 Å². The molecule has 1 saturated carbocycles.